The van der Waals surface area contributed by atoms with E-state index in [0.717, 1.165) is 5.56 Å². The fourth-order valence-corrected chi connectivity index (χ4v) is 4.29. The van der Waals surface area contributed by atoms with Gasteiger partial charge < -0.3 is 44.5 Å². The Labute approximate surface area is 196 Å². The van der Waals surface area contributed by atoms with Crippen molar-refractivity contribution in [3.8, 4) is 0 Å². The average Bonchev–Trinajstić information content (AvgIpc) is 3.18. The molecule has 2 heterocycles. The second kappa shape index (κ2) is 10.8. The van der Waals surface area contributed by atoms with Crippen molar-refractivity contribution in [1.29, 1.82) is 0 Å². The van der Waals surface area contributed by atoms with E-state index < -0.39 is 67.5 Å². The summed E-state index contributed by atoms with van der Waals surface area (Å²) in [5.41, 5.74) is 1.40. The third-order valence-electron chi connectivity index (χ3n) is 6.14. The summed E-state index contributed by atoms with van der Waals surface area (Å²) >= 11 is 0. The van der Waals surface area contributed by atoms with Gasteiger partial charge in [0.25, 0.3) is 0 Å². The van der Waals surface area contributed by atoms with Crippen LogP contribution in [0.25, 0.3) is 6.08 Å². The maximum absolute atomic E-state index is 12.2. The summed E-state index contributed by atoms with van der Waals surface area (Å²) in [6.45, 7) is -0.722. The standard InChI is InChI=1S/C24H28O10/c25-11-17-20(28)21(29)22(30)24(33-17)34-23-19-14(10-16(26)15(19)8-9-31-23)12-32-18(27)7-6-13-4-2-1-3-5-13/h1-10,15-17,19-26,28-30H,11-12H2/t15-,16+,17?,19+,20?,21?,22?,23-,24?/m0/s1. The zero-order valence-corrected chi connectivity index (χ0v) is 18.2. The monoisotopic (exact) mass is 476 g/mol. The molecule has 34 heavy (non-hydrogen) atoms. The summed E-state index contributed by atoms with van der Waals surface area (Å²) in [6, 6.07) is 9.26. The first-order chi connectivity index (χ1) is 16.4. The summed E-state index contributed by atoms with van der Waals surface area (Å²) in [7, 11) is 0. The van der Waals surface area contributed by atoms with E-state index in [1.807, 2.05) is 30.3 Å². The first-order valence-corrected chi connectivity index (χ1v) is 11.0. The summed E-state index contributed by atoms with van der Waals surface area (Å²) in [5, 5.41) is 50.1. The van der Waals surface area contributed by atoms with Crippen LogP contribution in [0, 0.1) is 11.8 Å². The van der Waals surface area contributed by atoms with Gasteiger partial charge >= 0.3 is 5.97 Å². The summed E-state index contributed by atoms with van der Waals surface area (Å²) in [4.78, 5) is 12.2. The molecule has 1 fully saturated rings. The zero-order valence-electron chi connectivity index (χ0n) is 18.2. The van der Waals surface area contributed by atoms with Crippen LogP contribution in [0.1, 0.15) is 5.56 Å². The van der Waals surface area contributed by atoms with Crippen molar-refractivity contribution in [2.45, 2.75) is 43.1 Å². The molecule has 0 saturated carbocycles. The van der Waals surface area contributed by atoms with Crippen LogP contribution >= 0.6 is 0 Å². The van der Waals surface area contributed by atoms with E-state index in [-0.39, 0.29) is 6.61 Å². The number of hydrogen-bond donors (Lipinski definition) is 5. The van der Waals surface area contributed by atoms with Gasteiger partial charge in [0.05, 0.1) is 24.9 Å². The maximum Gasteiger partial charge on any atom is 0.331 e. The Morgan fingerprint density at radius 2 is 1.79 bits per heavy atom. The van der Waals surface area contributed by atoms with Crippen LogP contribution in [0.15, 0.2) is 60.4 Å². The van der Waals surface area contributed by atoms with Gasteiger partial charge in [0.2, 0.25) is 6.29 Å². The summed E-state index contributed by atoms with van der Waals surface area (Å²) in [6.07, 6.45) is -1.72. The maximum atomic E-state index is 12.2. The van der Waals surface area contributed by atoms with Gasteiger partial charge in [0, 0.05) is 12.0 Å². The number of carbonyl (C=O) groups excluding carboxylic acids is 1. The molecule has 3 aliphatic rings. The molecule has 1 aliphatic carbocycles. The molecule has 184 valence electrons. The Morgan fingerprint density at radius 1 is 1.03 bits per heavy atom. The predicted molar refractivity (Wildman–Crippen MR) is 116 cm³/mol. The van der Waals surface area contributed by atoms with E-state index in [1.165, 1.54) is 12.3 Å². The van der Waals surface area contributed by atoms with Crippen molar-refractivity contribution < 1.29 is 49.3 Å². The number of rotatable bonds is 7. The normalized spacial score (nSPS) is 37.2. The van der Waals surface area contributed by atoms with Crippen LogP contribution in [0.2, 0.25) is 0 Å². The molecular weight excluding hydrogens is 448 g/mol. The van der Waals surface area contributed by atoms with Gasteiger partial charge in [-0.05, 0) is 23.3 Å². The highest BCUT2D eigenvalue weighted by atomic mass is 16.8. The largest absolute Gasteiger partial charge is 0.472 e. The highest BCUT2D eigenvalue weighted by Gasteiger charge is 2.49. The van der Waals surface area contributed by atoms with E-state index >= 15 is 0 Å². The topological polar surface area (TPSA) is 155 Å². The van der Waals surface area contributed by atoms with Crippen LogP contribution in [0.4, 0.5) is 0 Å². The van der Waals surface area contributed by atoms with Crippen LogP contribution in [-0.4, -0.2) is 87.8 Å². The van der Waals surface area contributed by atoms with Crippen LogP contribution in [0.3, 0.4) is 0 Å². The molecule has 0 spiro atoms. The lowest BCUT2D eigenvalue weighted by atomic mass is 9.88. The van der Waals surface area contributed by atoms with Gasteiger partial charge in [-0.1, -0.05) is 36.4 Å². The van der Waals surface area contributed by atoms with Gasteiger partial charge in [-0.2, -0.15) is 0 Å². The summed E-state index contributed by atoms with van der Waals surface area (Å²) < 4.78 is 22.1. The Bertz CT molecular complexity index is 927. The minimum atomic E-state index is -1.61. The molecule has 0 amide bonds. The van der Waals surface area contributed by atoms with Crippen molar-refractivity contribution in [3.05, 3.63) is 66.0 Å². The van der Waals surface area contributed by atoms with E-state index in [1.54, 1.807) is 18.2 Å². The third kappa shape index (κ3) is 5.23. The highest BCUT2D eigenvalue weighted by Crippen LogP contribution is 2.41. The molecule has 0 bridgehead atoms. The minimum Gasteiger partial charge on any atom is -0.472 e. The smallest absolute Gasteiger partial charge is 0.331 e. The van der Waals surface area contributed by atoms with Gasteiger partial charge in [-0.25, -0.2) is 4.79 Å². The lowest BCUT2D eigenvalue weighted by Gasteiger charge is -2.42. The molecular formula is C24H28O10. The first-order valence-electron chi connectivity index (χ1n) is 11.0. The second-order valence-corrected chi connectivity index (χ2v) is 8.35. The molecule has 0 radical (unpaired) electrons. The van der Waals surface area contributed by atoms with Crippen molar-refractivity contribution >= 4 is 12.0 Å². The highest BCUT2D eigenvalue weighted by molar-refractivity contribution is 5.87. The number of fused-ring (bicyclic) bond motifs is 1. The van der Waals surface area contributed by atoms with Gasteiger partial charge in [-0.3, -0.25) is 0 Å². The lowest BCUT2D eigenvalue weighted by Crippen LogP contribution is -2.60. The molecule has 5 unspecified atom stereocenters. The first kappa shape index (κ1) is 24.6. The Kier molecular flexibility index (Phi) is 7.79. The van der Waals surface area contributed by atoms with Crippen LogP contribution < -0.4 is 0 Å². The molecule has 5 N–H and O–H groups in total. The Morgan fingerprint density at radius 3 is 2.53 bits per heavy atom. The number of benzene rings is 1. The van der Waals surface area contributed by atoms with Gasteiger partial charge in [0.1, 0.15) is 31.0 Å². The van der Waals surface area contributed by atoms with E-state index in [0.29, 0.717) is 5.57 Å². The van der Waals surface area contributed by atoms with Crippen molar-refractivity contribution in [3.63, 3.8) is 0 Å². The minimum absolute atomic E-state index is 0.123. The zero-order chi connectivity index (χ0) is 24.2. The number of aliphatic hydroxyl groups excluding tert-OH is 5. The molecule has 0 aromatic heterocycles. The average molecular weight is 476 g/mol. The molecule has 4 rings (SSSR count). The molecule has 10 nitrogen and oxygen atoms in total. The van der Waals surface area contributed by atoms with E-state index in [4.69, 9.17) is 18.9 Å². The number of carbonyl (C=O) groups is 1. The second-order valence-electron chi connectivity index (χ2n) is 8.35. The molecule has 10 heteroatoms. The number of esters is 1. The van der Waals surface area contributed by atoms with E-state index in [9.17, 15) is 30.3 Å². The number of aliphatic hydroxyl groups is 5. The van der Waals surface area contributed by atoms with Crippen molar-refractivity contribution in [2.75, 3.05) is 13.2 Å². The van der Waals surface area contributed by atoms with Crippen molar-refractivity contribution in [2.24, 2.45) is 11.8 Å². The fraction of sp³-hybridized carbons (Fsp3) is 0.458. The van der Waals surface area contributed by atoms with E-state index in [2.05, 4.69) is 0 Å². The quantitative estimate of drug-likeness (QED) is 0.197. The lowest BCUT2D eigenvalue weighted by molar-refractivity contribution is -0.339. The SMILES string of the molecule is O=C(C=Cc1ccccc1)OCC1=C[C@@H](O)[C@@H]2C=CO[C@@H](OC3OC(CO)C(O)C(O)C3O)[C@H]12. The molecule has 1 aromatic rings. The van der Waals surface area contributed by atoms with Crippen LogP contribution in [0.5, 0.6) is 0 Å². The number of hydrogen-bond acceptors (Lipinski definition) is 10. The fourth-order valence-electron chi connectivity index (χ4n) is 4.29. The summed E-state index contributed by atoms with van der Waals surface area (Å²) in [5.74, 6) is -1.57. The number of ether oxygens (including phenoxy) is 4. The molecule has 9 atom stereocenters. The van der Waals surface area contributed by atoms with Gasteiger partial charge in [-0.15, -0.1) is 0 Å². The molecule has 1 aromatic carbocycles. The Balaban J connectivity index is 1.41. The van der Waals surface area contributed by atoms with Gasteiger partial charge in [0.15, 0.2) is 6.29 Å². The predicted octanol–water partition coefficient (Wildman–Crippen LogP) is -0.537. The molecule has 2 aliphatic heterocycles. The van der Waals surface area contributed by atoms with Crippen LogP contribution in [-0.2, 0) is 23.7 Å². The van der Waals surface area contributed by atoms with Crippen molar-refractivity contribution in [1.82, 2.24) is 0 Å². The molecule has 1 saturated heterocycles. The Hall–Kier alpha value is -2.57. The third-order valence-corrected chi connectivity index (χ3v) is 6.14.